The summed E-state index contributed by atoms with van der Waals surface area (Å²) in [4.78, 5) is 53.6. The largest absolute Gasteiger partial charge is 0.474 e. The molecular weight excluding hydrogens is 536 g/mol. The Kier molecular flexibility index (Phi) is 8.03. The van der Waals surface area contributed by atoms with E-state index in [2.05, 4.69) is 30.9 Å². The number of rotatable bonds is 3. The van der Waals surface area contributed by atoms with Crippen molar-refractivity contribution < 1.29 is 19.1 Å². The van der Waals surface area contributed by atoms with Crippen LogP contribution in [0.15, 0.2) is 45.7 Å². The van der Waals surface area contributed by atoms with Crippen LogP contribution >= 0.6 is 23.1 Å². The monoisotopic (exact) mass is 568 g/mol. The number of nitrogens with one attached hydrogen (secondary N) is 3. The first-order valence-electron chi connectivity index (χ1n) is 13.1. The number of nitrogens with zero attached hydrogens (tertiary/aromatic N) is 3. The van der Waals surface area contributed by atoms with Gasteiger partial charge in [-0.1, -0.05) is 44.2 Å². The van der Waals surface area contributed by atoms with Gasteiger partial charge in [-0.15, -0.1) is 23.1 Å². The molecule has 6 bridgehead atoms. The van der Waals surface area contributed by atoms with Crippen LogP contribution in [0.25, 0.3) is 0 Å². The maximum atomic E-state index is 13.3. The van der Waals surface area contributed by atoms with Gasteiger partial charge in [-0.2, -0.15) is 0 Å². The predicted octanol–water partition coefficient (Wildman–Crippen LogP) is 2.52. The molecule has 3 aliphatic rings. The SMILES string of the molecule is CC1NC(=O)[C@H]2N=C(O[C@@H]2C)[C@H](C(C)C)NC(=O)c2csc(n2)C(Cc2ccccc2)NC(=O)C2CSC1=N2. The number of thioether (sulfide) groups is 1. The van der Waals surface area contributed by atoms with E-state index in [9.17, 15) is 14.4 Å². The molecule has 1 aromatic carbocycles. The van der Waals surface area contributed by atoms with Crippen molar-refractivity contribution in [2.24, 2.45) is 15.9 Å². The Morgan fingerprint density at radius 2 is 1.79 bits per heavy atom. The Morgan fingerprint density at radius 1 is 1.03 bits per heavy atom. The third kappa shape index (κ3) is 6.01. The minimum absolute atomic E-state index is 0.0457. The second-order valence-electron chi connectivity index (χ2n) is 10.3. The molecule has 0 radical (unpaired) electrons. The second kappa shape index (κ2) is 11.5. The molecule has 10 nitrogen and oxygen atoms in total. The zero-order chi connectivity index (χ0) is 27.7. The van der Waals surface area contributed by atoms with Gasteiger partial charge >= 0.3 is 0 Å². The first-order chi connectivity index (χ1) is 18.7. The maximum absolute atomic E-state index is 13.3. The first-order valence-corrected chi connectivity index (χ1v) is 14.9. The average molecular weight is 569 g/mol. The van der Waals surface area contributed by atoms with Gasteiger partial charge in [-0.05, 0) is 31.7 Å². The second-order valence-corrected chi connectivity index (χ2v) is 12.2. The van der Waals surface area contributed by atoms with Crippen LogP contribution in [0.5, 0.6) is 0 Å². The van der Waals surface area contributed by atoms with Gasteiger partial charge in [-0.3, -0.25) is 19.4 Å². The van der Waals surface area contributed by atoms with Crippen molar-refractivity contribution >= 4 is 51.8 Å². The molecule has 0 fully saturated rings. The van der Waals surface area contributed by atoms with Crippen LogP contribution in [0.2, 0.25) is 0 Å². The van der Waals surface area contributed by atoms with E-state index in [0.717, 1.165) is 5.56 Å². The van der Waals surface area contributed by atoms with Gasteiger partial charge in [-0.25, -0.2) is 9.98 Å². The summed E-state index contributed by atoms with van der Waals surface area (Å²) in [6.07, 6.45) is 0.0246. The predicted molar refractivity (Wildman–Crippen MR) is 152 cm³/mol. The fourth-order valence-electron chi connectivity index (χ4n) is 4.68. The molecule has 0 saturated carbocycles. The highest BCUT2D eigenvalue weighted by Gasteiger charge is 2.39. The molecule has 12 heteroatoms. The normalized spacial score (nSPS) is 29.4. The number of ether oxygens (including phenoxy) is 1. The fraction of sp³-hybridized carbons (Fsp3) is 0.481. The molecule has 0 spiro atoms. The molecule has 1 aromatic heterocycles. The number of carbonyl (C=O) groups is 3. The number of benzene rings is 1. The lowest BCUT2D eigenvalue weighted by Gasteiger charge is -2.22. The quantitative estimate of drug-likeness (QED) is 0.521. The molecule has 39 heavy (non-hydrogen) atoms. The Labute approximate surface area is 235 Å². The number of thiazole rings is 1. The fourth-order valence-corrected chi connectivity index (χ4v) is 6.59. The smallest absolute Gasteiger partial charge is 0.271 e. The Morgan fingerprint density at radius 3 is 2.54 bits per heavy atom. The van der Waals surface area contributed by atoms with E-state index in [0.29, 0.717) is 28.1 Å². The zero-order valence-electron chi connectivity index (χ0n) is 22.2. The van der Waals surface area contributed by atoms with Crippen LogP contribution < -0.4 is 16.0 Å². The number of fused-ring (bicyclic) bond motifs is 4. The number of aromatic nitrogens is 1. The Balaban J connectivity index is 1.50. The van der Waals surface area contributed by atoms with E-state index in [1.54, 1.807) is 12.3 Å². The lowest BCUT2D eigenvalue weighted by atomic mass is 10.0. The topological polar surface area (TPSA) is 134 Å². The highest BCUT2D eigenvalue weighted by atomic mass is 32.2. The molecule has 4 heterocycles. The summed E-state index contributed by atoms with van der Waals surface area (Å²) in [5.41, 5.74) is 1.29. The molecule has 3 amide bonds. The van der Waals surface area contributed by atoms with E-state index in [1.165, 1.54) is 23.1 Å². The molecule has 0 saturated heterocycles. The lowest BCUT2D eigenvalue weighted by Crippen LogP contribution is -2.45. The van der Waals surface area contributed by atoms with Crippen LogP contribution in [0, 0.1) is 5.92 Å². The number of aliphatic imine (C=N–C) groups is 2. The highest BCUT2D eigenvalue weighted by molar-refractivity contribution is 8.14. The van der Waals surface area contributed by atoms with Crippen molar-refractivity contribution in [1.82, 2.24) is 20.9 Å². The van der Waals surface area contributed by atoms with E-state index in [-0.39, 0.29) is 35.4 Å². The van der Waals surface area contributed by atoms with E-state index in [1.807, 2.05) is 51.1 Å². The van der Waals surface area contributed by atoms with E-state index in [4.69, 9.17) is 4.74 Å². The van der Waals surface area contributed by atoms with Gasteiger partial charge in [0, 0.05) is 11.1 Å². The molecule has 3 aliphatic heterocycles. The maximum Gasteiger partial charge on any atom is 0.271 e. The van der Waals surface area contributed by atoms with Gasteiger partial charge in [0.05, 0.1) is 17.1 Å². The summed E-state index contributed by atoms with van der Waals surface area (Å²) in [6.45, 7) is 7.54. The number of hydrogen-bond donors (Lipinski definition) is 3. The van der Waals surface area contributed by atoms with Crippen LogP contribution in [0.3, 0.4) is 0 Å². The van der Waals surface area contributed by atoms with Crippen LogP contribution in [-0.2, 0) is 20.7 Å². The summed E-state index contributed by atoms with van der Waals surface area (Å²) in [7, 11) is 0. The van der Waals surface area contributed by atoms with Crippen LogP contribution in [0.4, 0.5) is 0 Å². The van der Waals surface area contributed by atoms with Gasteiger partial charge in [0.15, 0.2) is 6.04 Å². The minimum atomic E-state index is -0.754. The van der Waals surface area contributed by atoms with Crippen LogP contribution in [-0.4, -0.2) is 69.7 Å². The molecular formula is C27H32N6O4S2. The summed E-state index contributed by atoms with van der Waals surface area (Å²) in [5, 5.41) is 12.1. The molecule has 3 unspecified atom stereocenters. The zero-order valence-corrected chi connectivity index (χ0v) is 23.8. The molecule has 3 N–H and O–H groups in total. The average Bonchev–Trinajstić information content (AvgIpc) is 3.66. The van der Waals surface area contributed by atoms with Crippen molar-refractivity contribution in [2.75, 3.05) is 5.75 Å². The van der Waals surface area contributed by atoms with E-state index >= 15 is 0 Å². The standard InChI is InChI=1S/C27H32N6O4S2/c1-13(2)20-25-33-21(15(4)37-25)24(36)28-14(3)26-30-18(11-38-26)22(34)29-17(10-16-8-6-5-7-9-16)27-31-19(12-39-27)23(35)32-20/h5-9,12-15,17-18,20-21H,10-11H2,1-4H3,(H,28,36)(H,29,34)(H,32,35)/t14?,15-,17?,18?,20+,21+/m1/s1. The van der Waals surface area contributed by atoms with E-state index < -0.39 is 30.3 Å². The minimum Gasteiger partial charge on any atom is -0.474 e. The third-order valence-electron chi connectivity index (χ3n) is 6.86. The van der Waals surface area contributed by atoms with Crippen molar-refractivity contribution in [3.63, 3.8) is 0 Å². The number of hydrogen-bond acceptors (Lipinski definition) is 9. The van der Waals surface area contributed by atoms with Crippen molar-refractivity contribution in [2.45, 2.75) is 70.4 Å². The van der Waals surface area contributed by atoms with Gasteiger partial charge < -0.3 is 20.7 Å². The molecule has 5 rings (SSSR count). The lowest BCUT2D eigenvalue weighted by molar-refractivity contribution is -0.124. The van der Waals surface area contributed by atoms with Gasteiger partial charge in [0.1, 0.15) is 28.9 Å². The highest BCUT2D eigenvalue weighted by Crippen LogP contribution is 2.26. The Bertz CT molecular complexity index is 1310. The van der Waals surface area contributed by atoms with Crippen molar-refractivity contribution in [3.05, 3.63) is 52.0 Å². The Hall–Kier alpha value is -3.25. The summed E-state index contributed by atoms with van der Waals surface area (Å²) in [6, 6.07) is 7.14. The molecule has 2 aromatic rings. The molecule has 206 valence electrons. The van der Waals surface area contributed by atoms with Gasteiger partial charge in [0.2, 0.25) is 17.7 Å². The molecule has 6 atom stereocenters. The van der Waals surface area contributed by atoms with Crippen molar-refractivity contribution in [3.8, 4) is 0 Å². The summed E-state index contributed by atoms with van der Waals surface area (Å²) in [5.74, 6) is -0.113. The molecule has 0 aliphatic carbocycles. The van der Waals surface area contributed by atoms with Crippen LogP contribution in [0.1, 0.15) is 54.8 Å². The third-order valence-corrected chi connectivity index (χ3v) is 9.06. The van der Waals surface area contributed by atoms with Crippen molar-refractivity contribution in [1.29, 1.82) is 0 Å². The summed E-state index contributed by atoms with van der Waals surface area (Å²) >= 11 is 2.79. The number of amides is 3. The number of carbonyl (C=O) groups excluding carboxylic acids is 3. The van der Waals surface area contributed by atoms with Gasteiger partial charge in [0.25, 0.3) is 5.91 Å². The summed E-state index contributed by atoms with van der Waals surface area (Å²) < 4.78 is 5.98. The first kappa shape index (κ1) is 27.3.